The van der Waals surface area contributed by atoms with Crippen LogP contribution < -0.4 is 10.6 Å². The van der Waals surface area contributed by atoms with Gasteiger partial charge in [-0.3, -0.25) is 0 Å². The molecule has 1 unspecified atom stereocenters. The lowest BCUT2D eigenvalue weighted by Crippen LogP contribution is -2.31. The number of H-pyrrole nitrogens is 1. The highest BCUT2D eigenvalue weighted by Gasteiger charge is 2.08. The Labute approximate surface area is 105 Å². The summed E-state index contributed by atoms with van der Waals surface area (Å²) in [6, 6.07) is 9.86. The van der Waals surface area contributed by atoms with Crippen molar-refractivity contribution in [2.24, 2.45) is 0 Å². The molecule has 1 aromatic heterocycles. The number of imidazole rings is 1. The average molecular weight is 246 g/mol. The number of aromatic nitrogens is 2. The van der Waals surface area contributed by atoms with Crippen LogP contribution in [0.4, 0.5) is 5.69 Å². The molecule has 4 nitrogen and oxygen atoms in total. The molecule has 0 amide bonds. The lowest BCUT2D eigenvalue weighted by atomic mass is 10.3. The molecule has 0 aliphatic rings. The molecule has 88 valence electrons. The van der Waals surface area contributed by atoms with Gasteiger partial charge in [-0.1, -0.05) is 18.2 Å². The van der Waals surface area contributed by atoms with Crippen LogP contribution in [-0.2, 0) is 0 Å². The van der Waals surface area contributed by atoms with E-state index in [-0.39, 0.29) is 6.04 Å². The maximum Gasteiger partial charge on any atom is 0.171 e. The van der Waals surface area contributed by atoms with E-state index >= 15 is 0 Å². The topological polar surface area (TPSA) is 52.7 Å². The van der Waals surface area contributed by atoms with Gasteiger partial charge < -0.3 is 15.6 Å². The Bertz CT molecular complexity index is 467. The molecule has 0 radical (unpaired) electrons. The Morgan fingerprint density at radius 2 is 2.12 bits per heavy atom. The van der Waals surface area contributed by atoms with Gasteiger partial charge in [0.05, 0.1) is 6.04 Å². The van der Waals surface area contributed by atoms with E-state index in [9.17, 15) is 0 Å². The number of hydrogen-bond acceptors (Lipinski definition) is 2. The molecule has 0 saturated carbocycles. The van der Waals surface area contributed by atoms with Gasteiger partial charge >= 0.3 is 0 Å². The van der Waals surface area contributed by atoms with Crippen molar-refractivity contribution in [3.8, 4) is 0 Å². The Balaban J connectivity index is 1.90. The van der Waals surface area contributed by atoms with E-state index in [4.69, 9.17) is 12.2 Å². The van der Waals surface area contributed by atoms with Gasteiger partial charge in [0.15, 0.2) is 5.11 Å². The summed E-state index contributed by atoms with van der Waals surface area (Å²) < 4.78 is 0. The molecular formula is C12H14N4S. The maximum atomic E-state index is 5.22. The summed E-state index contributed by atoms with van der Waals surface area (Å²) in [5.74, 6) is 0.863. The molecule has 5 heteroatoms. The van der Waals surface area contributed by atoms with Crippen LogP contribution >= 0.6 is 12.2 Å². The standard InChI is InChI=1S/C12H14N4S/c1-9(11-13-7-8-14-11)15-12(17)16-10-5-3-2-4-6-10/h2-9H,1H3,(H,13,14)(H2,15,16,17). The summed E-state index contributed by atoms with van der Waals surface area (Å²) >= 11 is 5.22. The second-order valence-electron chi connectivity index (χ2n) is 3.66. The second kappa shape index (κ2) is 5.45. The van der Waals surface area contributed by atoms with Crippen molar-refractivity contribution in [3.05, 3.63) is 48.5 Å². The third-order valence-electron chi connectivity index (χ3n) is 2.31. The van der Waals surface area contributed by atoms with Crippen LogP contribution in [0.3, 0.4) is 0 Å². The van der Waals surface area contributed by atoms with Crippen LogP contribution in [0.2, 0.25) is 0 Å². The number of benzene rings is 1. The zero-order valence-electron chi connectivity index (χ0n) is 9.47. The van der Waals surface area contributed by atoms with Gasteiger partial charge in [0.1, 0.15) is 5.82 Å². The molecule has 2 aromatic rings. The van der Waals surface area contributed by atoms with E-state index in [0.29, 0.717) is 5.11 Å². The first-order chi connectivity index (χ1) is 8.25. The van der Waals surface area contributed by atoms with Crippen molar-refractivity contribution in [3.63, 3.8) is 0 Å². The quantitative estimate of drug-likeness (QED) is 0.728. The highest BCUT2D eigenvalue weighted by atomic mass is 32.1. The highest BCUT2D eigenvalue weighted by Crippen LogP contribution is 2.08. The molecule has 0 aliphatic heterocycles. The van der Waals surface area contributed by atoms with Crippen molar-refractivity contribution >= 4 is 23.0 Å². The number of hydrogen-bond donors (Lipinski definition) is 3. The number of anilines is 1. The number of nitrogens with zero attached hydrogens (tertiary/aromatic N) is 1. The lowest BCUT2D eigenvalue weighted by molar-refractivity contribution is 0.677. The van der Waals surface area contributed by atoms with Gasteiger partial charge in [0.2, 0.25) is 0 Å². The van der Waals surface area contributed by atoms with Crippen LogP contribution in [-0.4, -0.2) is 15.1 Å². The summed E-state index contributed by atoms with van der Waals surface area (Å²) in [5.41, 5.74) is 0.969. The molecule has 3 N–H and O–H groups in total. The van der Waals surface area contributed by atoms with E-state index in [1.54, 1.807) is 12.4 Å². The third kappa shape index (κ3) is 3.29. The average Bonchev–Trinajstić information content (AvgIpc) is 2.83. The van der Waals surface area contributed by atoms with Crippen LogP contribution in [0.25, 0.3) is 0 Å². The van der Waals surface area contributed by atoms with E-state index in [1.165, 1.54) is 0 Å². The van der Waals surface area contributed by atoms with Gasteiger partial charge in [-0.2, -0.15) is 0 Å². The number of aromatic amines is 1. The fourth-order valence-electron chi connectivity index (χ4n) is 1.47. The van der Waals surface area contributed by atoms with Gasteiger partial charge in [0, 0.05) is 18.1 Å². The molecular weight excluding hydrogens is 232 g/mol. The Hall–Kier alpha value is -1.88. The summed E-state index contributed by atoms with van der Waals surface area (Å²) in [5, 5.41) is 6.85. The van der Waals surface area contributed by atoms with E-state index in [1.807, 2.05) is 37.3 Å². The first-order valence-electron chi connectivity index (χ1n) is 5.37. The van der Waals surface area contributed by atoms with Crippen LogP contribution in [0.5, 0.6) is 0 Å². The zero-order valence-corrected chi connectivity index (χ0v) is 10.3. The molecule has 0 fully saturated rings. The summed E-state index contributed by atoms with van der Waals surface area (Å²) in [6.45, 7) is 2.00. The van der Waals surface area contributed by atoms with Crippen molar-refractivity contribution in [2.75, 3.05) is 5.32 Å². The highest BCUT2D eigenvalue weighted by molar-refractivity contribution is 7.80. The van der Waals surface area contributed by atoms with Crippen molar-refractivity contribution in [2.45, 2.75) is 13.0 Å². The van der Waals surface area contributed by atoms with Crippen molar-refractivity contribution in [1.29, 1.82) is 0 Å². The summed E-state index contributed by atoms with van der Waals surface area (Å²) in [6.07, 6.45) is 3.52. The SMILES string of the molecule is CC(NC(=S)Nc1ccccc1)c1ncc[nH]1. The minimum atomic E-state index is 0.0497. The van der Waals surface area contributed by atoms with Gasteiger partial charge in [-0.05, 0) is 31.3 Å². The molecule has 2 rings (SSSR count). The summed E-state index contributed by atoms with van der Waals surface area (Å²) in [7, 11) is 0. The predicted molar refractivity (Wildman–Crippen MR) is 72.8 cm³/mol. The number of para-hydroxylation sites is 1. The van der Waals surface area contributed by atoms with E-state index in [0.717, 1.165) is 11.5 Å². The first-order valence-corrected chi connectivity index (χ1v) is 5.78. The van der Waals surface area contributed by atoms with Crippen LogP contribution in [0.15, 0.2) is 42.7 Å². The van der Waals surface area contributed by atoms with Gasteiger partial charge in [0.25, 0.3) is 0 Å². The fourth-order valence-corrected chi connectivity index (χ4v) is 1.76. The molecule has 17 heavy (non-hydrogen) atoms. The minimum Gasteiger partial charge on any atom is -0.353 e. The fraction of sp³-hybridized carbons (Fsp3) is 0.167. The number of thiocarbonyl (C=S) groups is 1. The van der Waals surface area contributed by atoms with Crippen LogP contribution in [0.1, 0.15) is 18.8 Å². The summed E-state index contributed by atoms with van der Waals surface area (Å²) in [4.78, 5) is 7.22. The Morgan fingerprint density at radius 3 is 2.76 bits per heavy atom. The maximum absolute atomic E-state index is 5.22. The van der Waals surface area contributed by atoms with Crippen LogP contribution in [0, 0.1) is 0 Å². The third-order valence-corrected chi connectivity index (χ3v) is 2.53. The largest absolute Gasteiger partial charge is 0.353 e. The molecule has 1 heterocycles. The van der Waals surface area contributed by atoms with Gasteiger partial charge in [-0.25, -0.2) is 4.98 Å². The van der Waals surface area contributed by atoms with Crippen molar-refractivity contribution < 1.29 is 0 Å². The smallest absolute Gasteiger partial charge is 0.171 e. The van der Waals surface area contributed by atoms with E-state index < -0.39 is 0 Å². The van der Waals surface area contributed by atoms with Gasteiger partial charge in [-0.15, -0.1) is 0 Å². The molecule has 0 aliphatic carbocycles. The minimum absolute atomic E-state index is 0.0497. The monoisotopic (exact) mass is 246 g/mol. The van der Waals surface area contributed by atoms with E-state index in [2.05, 4.69) is 20.6 Å². The normalized spacial score (nSPS) is 11.8. The molecule has 0 bridgehead atoms. The first kappa shape index (κ1) is 11.6. The second-order valence-corrected chi connectivity index (χ2v) is 4.07. The van der Waals surface area contributed by atoms with Crippen molar-refractivity contribution in [1.82, 2.24) is 15.3 Å². The predicted octanol–water partition coefficient (Wildman–Crippen LogP) is 2.46. The number of rotatable bonds is 3. The Morgan fingerprint density at radius 1 is 1.35 bits per heavy atom. The number of nitrogens with one attached hydrogen (secondary N) is 3. The molecule has 0 saturated heterocycles. The molecule has 1 aromatic carbocycles. The lowest BCUT2D eigenvalue weighted by Gasteiger charge is -2.15. The zero-order chi connectivity index (χ0) is 12.1. The molecule has 0 spiro atoms. The Kier molecular flexibility index (Phi) is 3.72. The molecule has 1 atom stereocenters.